The Morgan fingerprint density at radius 1 is 1.02 bits per heavy atom. The van der Waals surface area contributed by atoms with Crippen LogP contribution in [0, 0.1) is 0 Å². The highest BCUT2D eigenvalue weighted by atomic mass is 32.2. The molecule has 4 aromatic heterocycles. The van der Waals surface area contributed by atoms with Crippen LogP contribution < -0.4 is 10.3 Å². The average molecular weight is 598 g/mol. The molecule has 4 aromatic rings. The Morgan fingerprint density at radius 3 is 2.48 bits per heavy atom. The van der Waals surface area contributed by atoms with Gasteiger partial charge in [-0.05, 0) is 25.1 Å². The second kappa shape index (κ2) is 13.0. The van der Waals surface area contributed by atoms with Crippen LogP contribution in [0.5, 0.6) is 5.88 Å². The summed E-state index contributed by atoms with van der Waals surface area (Å²) in [5.41, 5.74) is 1.12. The summed E-state index contributed by atoms with van der Waals surface area (Å²) < 4.78 is 41.3. The lowest BCUT2D eigenvalue weighted by molar-refractivity contribution is 0.144. The predicted octanol–water partition coefficient (Wildman–Crippen LogP) is 1.32. The lowest BCUT2D eigenvalue weighted by atomic mass is 10.2. The number of ether oxygens (including phenoxy) is 2. The van der Waals surface area contributed by atoms with Gasteiger partial charge < -0.3 is 19.4 Å². The number of likely N-dealkylation sites (N-methyl/N-ethyl adjacent to an activating group) is 1. The largest absolute Gasteiger partial charge is 0.475 e. The first-order chi connectivity index (χ1) is 20.3. The van der Waals surface area contributed by atoms with Gasteiger partial charge in [-0.15, -0.1) is 0 Å². The van der Waals surface area contributed by atoms with Crippen LogP contribution in [-0.4, -0.2) is 105 Å². The van der Waals surface area contributed by atoms with E-state index in [2.05, 4.69) is 36.9 Å². The number of pyridine rings is 1. The zero-order chi connectivity index (χ0) is 29.7. The molecule has 224 valence electrons. The van der Waals surface area contributed by atoms with Crippen LogP contribution in [0.2, 0.25) is 0 Å². The highest BCUT2D eigenvalue weighted by molar-refractivity contribution is 7.89. The van der Waals surface area contributed by atoms with Gasteiger partial charge in [0, 0.05) is 45.7 Å². The molecule has 14 nitrogen and oxygen atoms in total. The molecule has 1 aliphatic heterocycles. The van der Waals surface area contributed by atoms with Crippen LogP contribution in [0.4, 0.5) is 0 Å². The molecular weight excluding hydrogens is 562 g/mol. The quantitative estimate of drug-likeness (QED) is 0.235. The number of hydrogen-bond donors (Lipinski definition) is 1. The van der Waals surface area contributed by atoms with Crippen LogP contribution in [0.25, 0.3) is 22.4 Å². The fraction of sp³-hybridized carbons (Fsp3) is 0.481. The van der Waals surface area contributed by atoms with Gasteiger partial charge in [-0.1, -0.05) is 20.3 Å². The molecule has 0 unspecified atom stereocenters. The summed E-state index contributed by atoms with van der Waals surface area (Å²) in [6.45, 7) is 7.74. The van der Waals surface area contributed by atoms with Gasteiger partial charge in [-0.2, -0.15) is 9.40 Å². The summed E-state index contributed by atoms with van der Waals surface area (Å²) in [4.78, 5) is 36.0. The minimum absolute atomic E-state index is 0.00464. The van der Waals surface area contributed by atoms with Gasteiger partial charge in [0.25, 0.3) is 5.56 Å². The monoisotopic (exact) mass is 597 g/mol. The van der Waals surface area contributed by atoms with Gasteiger partial charge in [0.1, 0.15) is 35.2 Å². The van der Waals surface area contributed by atoms with Crippen LogP contribution in [0.3, 0.4) is 0 Å². The van der Waals surface area contributed by atoms with Crippen molar-refractivity contribution in [2.24, 2.45) is 0 Å². The number of methoxy groups -OCH3 is 1. The number of H-pyrrole nitrogens is 1. The van der Waals surface area contributed by atoms with Crippen molar-refractivity contribution in [2.45, 2.75) is 38.1 Å². The average Bonchev–Trinajstić information content (AvgIpc) is 3.35. The van der Waals surface area contributed by atoms with Crippen LogP contribution in [-0.2, 0) is 27.7 Å². The van der Waals surface area contributed by atoms with Gasteiger partial charge in [-0.3, -0.25) is 9.48 Å². The van der Waals surface area contributed by atoms with E-state index in [1.54, 1.807) is 30.3 Å². The predicted molar refractivity (Wildman–Crippen MR) is 155 cm³/mol. The smallest absolute Gasteiger partial charge is 0.279 e. The zero-order valence-corrected chi connectivity index (χ0v) is 24.8. The molecule has 0 radical (unpaired) electrons. The number of aromatic amines is 1. The molecule has 15 heteroatoms. The molecule has 1 saturated heterocycles. The van der Waals surface area contributed by atoms with Crippen LogP contribution in [0.15, 0.2) is 40.4 Å². The third kappa shape index (κ3) is 6.18. The Balaban J connectivity index is 1.59. The maximum absolute atomic E-state index is 13.6. The third-order valence-electron chi connectivity index (χ3n) is 7.12. The van der Waals surface area contributed by atoms with E-state index in [0.717, 1.165) is 18.7 Å². The van der Waals surface area contributed by atoms with Crippen molar-refractivity contribution in [3.8, 4) is 17.3 Å². The molecule has 0 bridgehead atoms. The Kier molecular flexibility index (Phi) is 9.21. The van der Waals surface area contributed by atoms with Gasteiger partial charge in [0.15, 0.2) is 5.52 Å². The zero-order valence-electron chi connectivity index (χ0n) is 24.0. The number of sulfonamides is 1. The third-order valence-corrected chi connectivity index (χ3v) is 8.99. The van der Waals surface area contributed by atoms with Gasteiger partial charge in [0.2, 0.25) is 15.9 Å². The molecule has 1 aliphatic rings. The Hall–Kier alpha value is -3.79. The summed E-state index contributed by atoms with van der Waals surface area (Å²) in [7, 11) is -2.30. The first-order valence-corrected chi connectivity index (χ1v) is 15.4. The number of fused-ring (bicyclic) bond motifs is 1. The van der Waals surface area contributed by atoms with E-state index >= 15 is 0 Å². The minimum atomic E-state index is -3.85. The number of piperazine rings is 1. The standard InChI is InChI=1S/C27H35N9O5S/c1-4-7-21-23-24(33-36(21)18-22-28-8-6-9-29-22)26(37)32-25(31-23)20-16-19(17-30-27(20)41-15-14-40-3)42(38,39)35-12-10-34(5-2)11-13-35/h6,8-9,16-17H,4-5,7,10-15,18H2,1-3H3,(H,31,32,37). The van der Waals surface area contributed by atoms with Crippen molar-refractivity contribution in [3.63, 3.8) is 0 Å². The van der Waals surface area contributed by atoms with Crippen molar-refractivity contribution < 1.29 is 17.9 Å². The van der Waals surface area contributed by atoms with Gasteiger partial charge in [0.05, 0.1) is 24.1 Å². The molecule has 0 aliphatic carbocycles. The maximum Gasteiger partial charge on any atom is 0.279 e. The Morgan fingerprint density at radius 2 is 1.79 bits per heavy atom. The second-order valence-electron chi connectivity index (χ2n) is 9.83. The van der Waals surface area contributed by atoms with E-state index in [9.17, 15) is 13.2 Å². The molecule has 0 saturated carbocycles. The molecule has 1 fully saturated rings. The molecule has 42 heavy (non-hydrogen) atoms. The topological polar surface area (TPSA) is 161 Å². The van der Waals surface area contributed by atoms with E-state index in [1.165, 1.54) is 16.6 Å². The lowest BCUT2D eigenvalue weighted by Gasteiger charge is -2.33. The molecule has 5 rings (SSSR count). The highest BCUT2D eigenvalue weighted by Gasteiger charge is 2.30. The van der Waals surface area contributed by atoms with Gasteiger partial charge in [-0.25, -0.2) is 28.4 Å². The first kappa shape index (κ1) is 29.7. The molecule has 1 N–H and O–H groups in total. The normalized spacial score (nSPS) is 14.9. The van der Waals surface area contributed by atoms with Crippen molar-refractivity contribution in [3.05, 3.63) is 52.6 Å². The fourth-order valence-electron chi connectivity index (χ4n) is 4.87. The number of aryl methyl sites for hydroxylation is 1. The first-order valence-electron chi connectivity index (χ1n) is 14.0. The fourth-order valence-corrected chi connectivity index (χ4v) is 6.26. The number of aromatic nitrogens is 7. The minimum Gasteiger partial charge on any atom is -0.475 e. The number of nitrogens with one attached hydrogen (secondary N) is 1. The van der Waals surface area contributed by atoms with Crippen molar-refractivity contribution in [1.82, 2.24) is 43.9 Å². The molecular formula is C27H35N9O5S. The van der Waals surface area contributed by atoms with Crippen LogP contribution in [0.1, 0.15) is 31.8 Å². The van der Waals surface area contributed by atoms with E-state index in [1.807, 2.05) is 6.92 Å². The Labute approximate surface area is 243 Å². The number of nitrogens with zero attached hydrogens (tertiary/aromatic N) is 8. The van der Waals surface area contributed by atoms with E-state index < -0.39 is 15.6 Å². The lowest BCUT2D eigenvalue weighted by Crippen LogP contribution is -2.48. The molecule has 0 amide bonds. The van der Waals surface area contributed by atoms with Gasteiger partial charge >= 0.3 is 0 Å². The molecule has 0 atom stereocenters. The van der Waals surface area contributed by atoms with Crippen molar-refractivity contribution in [1.29, 1.82) is 0 Å². The number of rotatable bonds is 12. The molecule has 0 spiro atoms. The SMILES string of the molecule is CCCc1c2nc(-c3cc(S(=O)(=O)N4CCN(CC)CC4)cnc3OCCOC)[nH]c(=O)c2nn1Cc1ncccn1. The summed E-state index contributed by atoms with van der Waals surface area (Å²) in [6.07, 6.45) is 5.97. The molecule has 5 heterocycles. The summed E-state index contributed by atoms with van der Waals surface area (Å²) in [5.74, 6) is 0.814. The summed E-state index contributed by atoms with van der Waals surface area (Å²) in [5, 5.41) is 4.54. The maximum atomic E-state index is 13.6. The van der Waals surface area contributed by atoms with Crippen LogP contribution >= 0.6 is 0 Å². The van der Waals surface area contributed by atoms with E-state index in [4.69, 9.17) is 14.5 Å². The van der Waals surface area contributed by atoms with E-state index in [0.29, 0.717) is 50.5 Å². The highest BCUT2D eigenvalue weighted by Crippen LogP contribution is 2.30. The van der Waals surface area contributed by atoms with E-state index in [-0.39, 0.29) is 40.8 Å². The summed E-state index contributed by atoms with van der Waals surface area (Å²) >= 11 is 0. The van der Waals surface area contributed by atoms with Crippen molar-refractivity contribution in [2.75, 3.05) is 53.0 Å². The van der Waals surface area contributed by atoms with Crippen molar-refractivity contribution >= 4 is 21.1 Å². The Bertz CT molecular complexity index is 1680. The number of hydrogen-bond acceptors (Lipinski definition) is 11. The second-order valence-corrected chi connectivity index (χ2v) is 11.8. The summed E-state index contributed by atoms with van der Waals surface area (Å²) in [6, 6.07) is 3.19. The molecule has 0 aromatic carbocycles.